The van der Waals surface area contributed by atoms with Crippen LogP contribution in [0.25, 0.3) is 11.0 Å². The van der Waals surface area contributed by atoms with Crippen molar-refractivity contribution in [1.82, 2.24) is 9.55 Å². The number of aryl methyl sites for hydroxylation is 1. The highest BCUT2D eigenvalue weighted by Gasteiger charge is 2.37. The lowest BCUT2D eigenvalue weighted by Crippen LogP contribution is -2.15. The van der Waals surface area contributed by atoms with Crippen LogP contribution in [0.3, 0.4) is 0 Å². The largest absolute Gasteiger partial charge is 0.449 e. The zero-order valence-electron chi connectivity index (χ0n) is 9.96. The molecular formula is C13H13F3N2. The topological polar surface area (TPSA) is 17.8 Å². The number of alkyl halides is 3. The van der Waals surface area contributed by atoms with Gasteiger partial charge in [-0.15, -0.1) is 6.58 Å². The summed E-state index contributed by atoms with van der Waals surface area (Å²) in [5.41, 5.74) is 1.72. The molecule has 0 saturated carbocycles. The van der Waals surface area contributed by atoms with Crippen molar-refractivity contribution in [1.29, 1.82) is 0 Å². The number of hydrogen-bond acceptors (Lipinski definition) is 1. The molecule has 0 saturated heterocycles. The summed E-state index contributed by atoms with van der Waals surface area (Å²) in [5, 5.41) is 0. The van der Waals surface area contributed by atoms with Crippen molar-refractivity contribution in [2.75, 3.05) is 0 Å². The van der Waals surface area contributed by atoms with Crippen molar-refractivity contribution in [3.63, 3.8) is 0 Å². The molecule has 0 fully saturated rings. The Morgan fingerprint density at radius 2 is 2.00 bits per heavy atom. The number of halogens is 3. The van der Waals surface area contributed by atoms with E-state index < -0.39 is 12.0 Å². The maximum Gasteiger partial charge on any atom is 0.449 e. The number of allylic oxidation sites excluding steroid dienone is 1. The molecule has 5 heteroatoms. The lowest BCUT2D eigenvalue weighted by molar-refractivity contribution is -0.146. The lowest BCUT2D eigenvalue weighted by atomic mass is 10.2. The van der Waals surface area contributed by atoms with Gasteiger partial charge in [-0.25, -0.2) is 4.98 Å². The molecule has 0 aliphatic rings. The number of para-hydroxylation sites is 2. The van der Waals surface area contributed by atoms with Gasteiger partial charge >= 0.3 is 6.18 Å². The second-order valence-corrected chi connectivity index (χ2v) is 4.28. The van der Waals surface area contributed by atoms with Crippen molar-refractivity contribution in [3.05, 3.63) is 42.2 Å². The minimum absolute atomic E-state index is 0.241. The molecule has 0 atom stereocenters. The molecule has 2 aromatic rings. The van der Waals surface area contributed by atoms with E-state index in [9.17, 15) is 13.2 Å². The van der Waals surface area contributed by atoms with Gasteiger partial charge in [-0.1, -0.05) is 17.7 Å². The number of imidazole rings is 1. The number of aromatic nitrogens is 2. The third-order valence-electron chi connectivity index (χ3n) is 2.67. The maximum atomic E-state index is 12.9. The van der Waals surface area contributed by atoms with E-state index in [2.05, 4.69) is 11.6 Å². The van der Waals surface area contributed by atoms with E-state index >= 15 is 0 Å². The van der Waals surface area contributed by atoms with Crippen LogP contribution in [0.2, 0.25) is 0 Å². The summed E-state index contributed by atoms with van der Waals surface area (Å²) >= 11 is 0. The van der Waals surface area contributed by atoms with Crippen LogP contribution in [-0.4, -0.2) is 9.55 Å². The molecule has 2 rings (SSSR count). The van der Waals surface area contributed by atoms with Gasteiger partial charge in [-0.3, -0.25) is 0 Å². The third-order valence-corrected chi connectivity index (χ3v) is 2.67. The number of benzene rings is 1. The standard InChI is InChI=1S/C13H13F3N2/c1-9(2)7-8-18-11-6-4-3-5-10(11)17-12(18)13(14,15)16/h3-6H,1,7-8H2,2H3. The van der Waals surface area contributed by atoms with Crippen LogP contribution >= 0.6 is 0 Å². The normalized spacial score (nSPS) is 12.0. The average molecular weight is 254 g/mol. The summed E-state index contributed by atoms with van der Waals surface area (Å²) in [5.74, 6) is -0.843. The van der Waals surface area contributed by atoms with Gasteiger partial charge in [-0.2, -0.15) is 13.2 Å². The Morgan fingerprint density at radius 3 is 2.61 bits per heavy atom. The van der Waals surface area contributed by atoms with Crippen molar-refractivity contribution >= 4 is 11.0 Å². The fourth-order valence-electron chi connectivity index (χ4n) is 1.82. The minimum atomic E-state index is -4.44. The monoisotopic (exact) mass is 254 g/mol. The predicted molar refractivity (Wildman–Crippen MR) is 64.2 cm³/mol. The number of hydrogen-bond donors (Lipinski definition) is 0. The Bertz CT molecular complexity index is 581. The molecular weight excluding hydrogens is 241 g/mol. The van der Waals surface area contributed by atoms with Crippen molar-refractivity contribution < 1.29 is 13.2 Å². The van der Waals surface area contributed by atoms with Crippen molar-refractivity contribution in [2.24, 2.45) is 0 Å². The van der Waals surface area contributed by atoms with Gasteiger partial charge in [-0.05, 0) is 25.5 Å². The highest BCUT2D eigenvalue weighted by Crippen LogP contribution is 2.31. The summed E-state index contributed by atoms with van der Waals surface area (Å²) in [6, 6.07) is 6.62. The summed E-state index contributed by atoms with van der Waals surface area (Å²) in [6.45, 7) is 5.75. The fraction of sp³-hybridized carbons (Fsp3) is 0.308. The van der Waals surface area contributed by atoms with Gasteiger partial charge in [0.1, 0.15) is 0 Å². The Hall–Kier alpha value is -1.78. The zero-order chi connectivity index (χ0) is 13.3. The molecule has 0 aliphatic heterocycles. The van der Waals surface area contributed by atoms with E-state index in [1.54, 1.807) is 31.2 Å². The van der Waals surface area contributed by atoms with Gasteiger partial charge < -0.3 is 4.57 Å². The smallest absolute Gasteiger partial charge is 0.320 e. The van der Waals surface area contributed by atoms with Crippen LogP contribution in [0, 0.1) is 0 Å². The summed E-state index contributed by atoms with van der Waals surface area (Å²) in [4.78, 5) is 3.67. The van der Waals surface area contributed by atoms with E-state index in [0.717, 1.165) is 5.57 Å². The van der Waals surface area contributed by atoms with Gasteiger partial charge in [0.25, 0.3) is 0 Å². The molecule has 2 nitrogen and oxygen atoms in total. The Kier molecular flexibility index (Phi) is 3.15. The fourth-order valence-corrected chi connectivity index (χ4v) is 1.82. The first-order valence-corrected chi connectivity index (χ1v) is 5.56. The molecule has 1 aromatic heterocycles. The van der Waals surface area contributed by atoms with Crippen LogP contribution in [0.4, 0.5) is 13.2 Å². The quantitative estimate of drug-likeness (QED) is 0.756. The number of rotatable bonds is 3. The van der Waals surface area contributed by atoms with Crippen LogP contribution < -0.4 is 0 Å². The number of fused-ring (bicyclic) bond motifs is 1. The summed E-state index contributed by atoms with van der Waals surface area (Å²) in [7, 11) is 0. The molecule has 0 bridgehead atoms. The van der Waals surface area contributed by atoms with Gasteiger partial charge in [0.2, 0.25) is 5.82 Å². The first-order valence-electron chi connectivity index (χ1n) is 5.56. The molecule has 1 aromatic carbocycles. The Labute approximate surface area is 103 Å². The van der Waals surface area contributed by atoms with Crippen LogP contribution in [0.15, 0.2) is 36.4 Å². The van der Waals surface area contributed by atoms with E-state index in [4.69, 9.17) is 0 Å². The van der Waals surface area contributed by atoms with E-state index in [1.165, 1.54) is 4.57 Å². The molecule has 0 N–H and O–H groups in total. The van der Waals surface area contributed by atoms with E-state index in [-0.39, 0.29) is 6.54 Å². The lowest BCUT2D eigenvalue weighted by Gasteiger charge is -2.11. The van der Waals surface area contributed by atoms with Gasteiger partial charge in [0.05, 0.1) is 11.0 Å². The molecule has 0 radical (unpaired) electrons. The van der Waals surface area contributed by atoms with E-state index in [1.807, 2.05) is 0 Å². The highest BCUT2D eigenvalue weighted by atomic mass is 19.4. The highest BCUT2D eigenvalue weighted by molar-refractivity contribution is 5.76. The molecule has 1 heterocycles. The first-order chi connectivity index (χ1) is 8.39. The maximum absolute atomic E-state index is 12.9. The first kappa shape index (κ1) is 12.7. The SMILES string of the molecule is C=C(C)CCn1c(C(F)(F)F)nc2ccccc21. The van der Waals surface area contributed by atoms with E-state index in [0.29, 0.717) is 17.5 Å². The van der Waals surface area contributed by atoms with Crippen LogP contribution in [0.1, 0.15) is 19.2 Å². The number of nitrogens with zero attached hydrogens (tertiary/aromatic N) is 2. The Balaban J connectivity index is 2.54. The molecule has 0 amide bonds. The summed E-state index contributed by atoms with van der Waals surface area (Å²) < 4.78 is 39.9. The van der Waals surface area contributed by atoms with Crippen LogP contribution in [0.5, 0.6) is 0 Å². The Morgan fingerprint density at radius 1 is 1.33 bits per heavy atom. The predicted octanol–water partition coefficient (Wildman–Crippen LogP) is 4.02. The molecule has 0 unspecified atom stereocenters. The molecule has 18 heavy (non-hydrogen) atoms. The van der Waals surface area contributed by atoms with Crippen LogP contribution in [-0.2, 0) is 12.7 Å². The van der Waals surface area contributed by atoms with Gasteiger partial charge in [0, 0.05) is 6.54 Å². The van der Waals surface area contributed by atoms with Crippen molar-refractivity contribution in [3.8, 4) is 0 Å². The molecule has 96 valence electrons. The molecule has 0 aliphatic carbocycles. The zero-order valence-corrected chi connectivity index (χ0v) is 9.96. The second-order valence-electron chi connectivity index (χ2n) is 4.28. The minimum Gasteiger partial charge on any atom is -0.320 e. The van der Waals surface area contributed by atoms with Gasteiger partial charge in [0.15, 0.2) is 0 Å². The molecule has 0 spiro atoms. The summed E-state index contributed by atoms with van der Waals surface area (Å²) in [6.07, 6.45) is -3.93. The second kappa shape index (κ2) is 4.48. The van der Waals surface area contributed by atoms with Crippen molar-refractivity contribution in [2.45, 2.75) is 26.1 Å². The third kappa shape index (κ3) is 2.39. The average Bonchev–Trinajstić information content (AvgIpc) is 2.64.